The van der Waals surface area contributed by atoms with E-state index in [0.29, 0.717) is 11.3 Å². The third-order valence-corrected chi connectivity index (χ3v) is 4.70. The van der Waals surface area contributed by atoms with E-state index in [4.69, 9.17) is 33.7 Å². The van der Waals surface area contributed by atoms with Crippen LogP contribution in [-0.2, 0) is 4.79 Å². The molecule has 2 aromatic carbocycles. The Hall–Kier alpha value is -3.55. The molecule has 0 aromatic heterocycles. The molecule has 0 spiro atoms. The van der Waals surface area contributed by atoms with Gasteiger partial charge in [0.1, 0.15) is 5.82 Å². The maximum atomic E-state index is 13.5. The summed E-state index contributed by atoms with van der Waals surface area (Å²) in [6.45, 7) is -0.662. The van der Waals surface area contributed by atoms with E-state index < -0.39 is 42.0 Å². The van der Waals surface area contributed by atoms with E-state index >= 15 is 0 Å². The molecule has 0 aliphatic heterocycles. The van der Waals surface area contributed by atoms with Crippen molar-refractivity contribution >= 4 is 28.9 Å². The Balaban J connectivity index is 2.48. The molecule has 7 nitrogen and oxygen atoms in total. The van der Waals surface area contributed by atoms with Crippen LogP contribution in [0, 0.1) is 22.6 Å². The van der Waals surface area contributed by atoms with Gasteiger partial charge in [-0.15, -0.1) is 0 Å². The molecule has 32 heavy (non-hydrogen) atoms. The number of carbonyl (C=O) groups excluding carboxylic acids is 1. The molecule has 2 rings (SSSR count). The second-order valence-electron chi connectivity index (χ2n) is 6.59. The number of hydrogen-bond donors (Lipinski definition) is 5. The minimum atomic E-state index is -2.87. The number of anilines is 1. The Morgan fingerprint density at radius 2 is 1.88 bits per heavy atom. The van der Waals surface area contributed by atoms with Crippen molar-refractivity contribution in [1.29, 1.82) is 10.7 Å². The summed E-state index contributed by atoms with van der Waals surface area (Å²) in [5, 5.41) is 22.4. The van der Waals surface area contributed by atoms with E-state index in [0.717, 1.165) is 12.1 Å². The van der Waals surface area contributed by atoms with E-state index in [-0.39, 0.29) is 22.8 Å². The van der Waals surface area contributed by atoms with Gasteiger partial charge in [-0.3, -0.25) is 10.2 Å². The van der Waals surface area contributed by atoms with Gasteiger partial charge in [0.05, 0.1) is 40.5 Å². The first-order valence-corrected chi connectivity index (χ1v) is 9.61. The molecule has 168 valence electrons. The standard InChI is InChI=1S/C21H20ClF3N6O/c22-14-7-12(3-6-15(14)23)19(28)18(21(29)32)17(31-16(9-27)20(24)25)10-30-13-4-1-11(8-26)2-5-13/h1-7,16,20,28,30-31H,9-10,27H2,(H2,29,32)/b18-17+,28-19?. The highest BCUT2D eigenvalue weighted by atomic mass is 35.5. The number of hydrogen-bond acceptors (Lipinski definition) is 6. The van der Waals surface area contributed by atoms with Gasteiger partial charge < -0.3 is 22.1 Å². The number of rotatable bonds is 10. The number of primary amides is 1. The average Bonchev–Trinajstić information content (AvgIpc) is 2.76. The van der Waals surface area contributed by atoms with E-state index in [1.165, 1.54) is 6.07 Å². The van der Waals surface area contributed by atoms with E-state index in [2.05, 4.69) is 10.6 Å². The Morgan fingerprint density at radius 3 is 2.38 bits per heavy atom. The molecule has 0 saturated heterocycles. The second kappa shape index (κ2) is 11.2. The lowest BCUT2D eigenvalue weighted by Crippen LogP contribution is -2.44. The molecule has 0 aliphatic rings. The van der Waals surface area contributed by atoms with Gasteiger partial charge in [-0.05, 0) is 42.5 Å². The molecule has 7 N–H and O–H groups in total. The monoisotopic (exact) mass is 464 g/mol. The average molecular weight is 465 g/mol. The Bertz CT molecular complexity index is 1070. The molecule has 0 fully saturated rings. The van der Waals surface area contributed by atoms with E-state index in [1.807, 2.05) is 6.07 Å². The number of benzene rings is 2. The van der Waals surface area contributed by atoms with Crippen molar-refractivity contribution in [2.75, 3.05) is 18.4 Å². The molecular weight excluding hydrogens is 445 g/mol. The SMILES string of the molecule is N#Cc1ccc(NC/C(NC(CN)C(F)F)=C(/C(=N)c2ccc(F)c(Cl)c2)C(N)=O)cc1. The zero-order chi connectivity index (χ0) is 23.8. The molecule has 0 saturated carbocycles. The lowest BCUT2D eigenvalue weighted by Gasteiger charge is -2.23. The van der Waals surface area contributed by atoms with Crippen LogP contribution in [0.25, 0.3) is 0 Å². The Kier molecular flexibility index (Phi) is 8.63. The summed E-state index contributed by atoms with van der Waals surface area (Å²) in [5.74, 6) is -1.79. The highest BCUT2D eigenvalue weighted by Crippen LogP contribution is 2.20. The molecule has 1 amide bonds. The minimum absolute atomic E-state index is 0.0595. The number of nitrogens with one attached hydrogen (secondary N) is 3. The summed E-state index contributed by atoms with van der Waals surface area (Å²) < 4.78 is 40.2. The minimum Gasteiger partial charge on any atom is -0.379 e. The fourth-order valence-electron chi connectivity index (χ4n) is 2.73. The number of nitrogens with zero attached hydrogens (tertiary/aromatic N) is 1. The highest BCUT2D eigenvalue weighted by Gasteiger charge is 2.25. The van der Waals surface area contributed by atoms with E-state index in [9.17, 15) is 18.0 Å². The maximum Gasteiger partial charge on any atom is 0.259 e. The molecule has 1 unspecified atom stereocenters. The fraction of sp³-hybridized carbons (Fsp3) is 0.190. The van der Waals surface area contributed by atoms with Crippen LogP contribution in [0.1, 0.15) is 11.1 Å². The molecule has 0 radical (unpaired) electrons. The summed E-state index contributed by atoms with van der Waals surface area (Å²) in [5.41, 5.74) is 10.9. The number of halogens is 4. The normalized spacial score (nSPS) is 12.5. The van der Waals surface area contributed by atoms with Crippen LogP contribution < -0.4 is 22.1 Å². The van der Waals surface area contributed by atoms with Gasteiger partial charge in [-0.2, -0.15) is 5.26 Å². The number of alkyl halides is 2. The molecule has 2 aromatic rings. The van der Waals surface area contributed by atoms with Crippen LogP contribution in [0.3, 0.4) is 0 Å². The van der Waals surface area contributed by atoms with Crippen molar-refractivity contribution in [1.82, 2.24) is 5.32 Å². The molecular formula is C21H20ClF3N6O. The quantitative estimate of drug-likeness (QED) is 0.271. The van der Waals surface area contributed by atoms with E-state index in [1.54, 1.807) is 24.3 Å². The number of nitriles is 1. The van der Waals surface area contributed by atoms with Crippen LogP contribution in [-0.4, -0.2) is 37.2 Å². The predicted octanol–water partition coefficient (Wildman–Crippen LogP) is 2.75. The smallest absolute Gasteiger partial charge is 0.259 e. The summed E-state index contributed by atoms with van der Waals surface area (Å²) in [7, 11) is 0. The van der Waals surface area contributed by atoms with Crippen LogP contribution in [0.4, 0.5) is 18.9 Å². The number of carbonyl (C=O) groups is 1. The molecule has 0 aliphatic carbocycles. The van der Waals surface area contributed by atoms with Crippen LogP contribution in [0.2, 0.25) is 5.02 Å². The van der Waals surface area contributed by atoms with Crippen molar-refractivity contribution in [3.8, 4) is 6.07 Å². The first kappa shape index (κ1) is 24.7. The van der Waals surface area contributed by atoms with Gasteiger partial charge in [0.15, 0.2) is 0 Å². The van der Waals surface area contributed by atoms with Gasteiger partial charge in [0.25, 0.3) is 12.3 Å². The summed E-state index contributed by atoms with van der Waals surface area (Å²) in [6.07, 6.45) is -2.87. The Labute approximate surface area is 187 Å². The van der Waals surface area contributed by atoms with Gasteiger partial charge in [-0.25, -0.2) is 13.2 Å². The number of amides is 1. The summed E-state index contributed by atoms with van der Waals surface area (Å²) >= 11 is 5.77. The van der Waals surface area contributed by atoms with Crippen LogP contribution in [0.5, 0.6) is 0 Å². The van der Waals surface area contributed by atoms with Crippen molar-refractivity contribution < 1.29 is 18.0 Å². The third-order valence-electron chi connectivity index (χ3n) is 4.41. The van der Waals surface area contributed by atoms with Crippen molar-refractivity contribution in [3.05, 3.63) is 75.7 Å². The molecule has 1 atom stereocenters. The summed E-state index contributed by atoms with van der Waals surface area (Å²) in [6, 6.07) is 10.0. The molecule has 0 bridgehead atoms. The summed E-state index contributed by atoms with van der Waals surface area (Å²) in [4.78, 5) is 12.2. The van der Waals surface area contributed by atoms with Crippen molar-refractivity contribution in [2.45, 2.75) is 12.5 Å². The third kappa shape index (κ3) is 6.23. The van der Waals surface area contributed by atoms with Crippen molar-refractivity contribution in [2.24, 2.45) is 11.5 Å². The van der Waals surface area contributed by atoms with Gasteiger partial charge >= 0.3 is 0 Å². The largest absolute Gasteiger partial charge is 0.379 e. The highest BCUT2D eigenvalue weighted by molar-refractivity contribution is 6.32. The number of nitrogens with two attached hydrogens (primary N) is 2. The molecule has 11 heteroatoms. The topological polar surface area (TPSA) is 141 Å². The first-order chi connectivity index (χ1) is 15.2. The van der Waals surface area contributed by atoms with Gasteiger partial charge in [-0.1, -0.05) is 11.6 Å². The van der Waals surface area contributed by atoms with Crippen LogP contribution in [0.15, 0.2) is 53.7 Å². The lowest BCUT2D eigenvalue weighted by atomic mass is 9.99. The van der Waals surface area contributed by atoms with Gasteiger partial charge in [0.2, 0.25) is 0 Å². The second-order valence-corrected chi connectivity index (χ2v) is 6.99. The van der Waals surface area contributed by atoms with Crippen LogP contribution >= 0.6 is 11.6 Å². The first-order valence-electron chi connectivity index (χ1n) is 9.24. The maximum absolute atomic E-state index is 13.5. The zero-order valence-corrected chi connectivity index (χ0v) is 17.4. The fourth-order valence-corrected chi connectivity index (χ4v) is 2.91. The lowest BCUT2D eigenvalue weighted by molar-refractivity contribution is -0.114. The Morgan fingerprint density at radius 1 is 1.22 bits per heavy atom. The molecule has 0 heterocycles. The van der Waals surface area contributed by atoms with Crippen molar-refractivity contribution in [3.63, 3.8) is 0 Å². The van der Waals surface area contributed by atoms with Gasteiger partial charge in [0, 0.05) is 23.5 Å². The zero-order valence-electron chi connectivity index (χ0n) is 16.6. The predicted molar refractivity (Wildman–Crippen MR) is 116 cm³/mol.